The van der Waals surface area contributed by atoms with Gasteiger partial charge in [-0.3, -0.25) is 9.69 Å². The molecule has 1 saturated heterocycles. The molecule has 1 unspecified atom stereocenters. The maximum absolute atomic E-state index is 13.2. The summed E-state index contributed by atoms with van der Waals surface area (Å²) in [6.07, 6.45) is 1.59. The van der Waals surface area contributed by atoms with Gasteiger partial charge in [0.25, 0.3) is 5.91 Å². The number of ether oxygens (including phenoxy) is 1. The Labute approximate surface area is 214 Å². The lowest BCUT2D eigenvalue weighted by molar-refractivity contribution is 0.0985. The van der Waals surface area contributed by atoms with E-state index in [9.17, 15) is 4.79 Å². The highest BCUT2D eigenvalue weighted by atomic mass is 35.5. The summed E-state index contributed by atoms with van der Waals surface area (Å²) >= 11 is 7.89. The number of hydrogen-bond donors (Lipinski definition) is 2. The minimum atomic E-state index is -0.146. The van der Waals surface area contributed by atoms with E-state index in [1.54, 1.807) is 24.3 Å². The molecule has 2 aromatic carbocycles. The number of carbonyl (C=O) groups excluding carboxylic acids is 1. The maximum atomic E-state index is 13.2. The van der Waals surface area contributed by atoms with Gasteiger partial charge in [-0.05, 0) is 42.8 Å². The van der Waals surface area contributed by atoms with E-state index in [-0.39, 0.29) is 5.91 Å². The van der Waals surface area contributed by atoms with E-state index in [0.717, 1.165) is 42.3 Å². The van der Waals surface area contributed by atoms with Gasteiger partial charge in [-0.25, -0.2) is 9.97 Å². The van der Waals surface area contributed by atoms with Crippen molar-refractivity contribution in [3.63, 3.8) is 0 Å². The van der Waals surface area contributed by atoms with Gasteiger partial charge in [0.15, 0.2) is 0 Å². The first-order valence-electron chi connectivity index (χ1n) is 11.5. The summed E-state index contributed by atoms with van der Waals surface area (Å²) in [5.74, 6) is 0.751. The van der Waals surface area contributed by atoms with Crippen molar-refractivity contribution in [3.8, 4) is 0 Å². The molecule has 0 aliphatic carbocycles. The molecular formula is C25H27ClN6O2S. The van der Waals surface area contributed by atoms with Gasteiger partial charge < -0.3 is 20.3 Å². The molecule has 182 valence electrons. The maximum Gasteiger partial charge on any atom is 0.263 e. The number of amides is 1. The molecule has 2 aliphatic heterocycles. The molecule has 35 heavy (non-hydrogen) atoms. The normalized spacial score (nSPS) is 17.9. The van der Waals surface area contributed by atoms with Gasteiger partial charge in [0.1, 0.15) is 5.03 Å². The van der Waals surface area contributed by atoms with Crippen LogP contribution in [0.3, 0.4) is 0 Å². The lowest BCUT2D eigenvalue weighted by atomic mass is 10.1. The van der Waals surface area contributed by atoms with Crippen LogP contribution in [0.25, 0.3) is 0 Å². The zero-order valence-corrected chi connectivity index (χ0v) is 21.2. The number of benzene rings is 2. The van der Waals surface area contributed by atoms with Crippen LogP contribution in [0.4, 0.5) is 23.0 Å². The Morgan fingerprint density at radius 1 is 1.26 bits per heavy atom. The first-order valence-corrected chi connectivity index (χ1v) is 12.8. The van der Waals surface area contributed by atoms with Gasteiger partial charge in [-0.1, -0.05) is 35.5 Å². The molecular weight excluding hydrogens is 484 g/mol. The highest BCUT2D eigenvalue weighted by molar-refractivity contribution is 7.99. The fourth-order valence-electron chi connectivity index (χ4n) is 4.45. The van der Waals surface area contributed by atoms with Gasteiger partial charge >= 0.3 is 0 Å². The molecule has 0 radical (unpaired) electrons. The molecule has 2 N–H and O–H groups in total. The Morgan fingerprint density at radius 2 is 2.09 bits per heavy atom. The first-order chi connectivity index (χ1) is 17.0. The number of para-hydroxylation sites is 1. The number of piperazine rings is 1. The van der Waals surface area contributed by atoms with Crippen molar-refractivity contribution in [2.45, 2.75) is 18.0 Å². The van der Waals surface area contributed by atoms with E-state index in [1.807, 2.05) is 31.2 Å². The number of aryl methyl sites for hydroxylation is 1. The average Bonchev–Trinajstić information content (AvgIpc) is 2.86. The molecule has 8 nitrogen and oxygen atoms in total. The summed E-state index contributed by atoms with van der Waals surface area (Å²) in [5, 5.41) is 7.90. The Morgan fingerprint density at radius 3 is 2.86 bits per heavy atom. The molecule has 0 bridgehead atoms. The monoisotopic (exact) mass is 510 g/mol. The number of rotatable bonds is 6. The van der Waals surface area contributed by atoms with Crippen LogP contribution in [0.15, 0.2) is 53.7 Å². The van der Waals surface area contributed by atoms with Crippen LogP contribution >= 0.6 is 23.4 Å². The highest BCUT2D eigenvalue weighted by Gasteiger charge is 2.30. The molecule has 0 spiro atoms. The van der Waals surface area contributed by atoms with Crippen molar-refractivity contribution in [1.82, 2.24) is 15.3 Å². The summed E-state index contributed by atoms with van der Waals surface area (Å²) in [7, 11) is 1.74. The van der Waals surface area contributed by atoms with Crippen LogP contribution in [0.2, 0.25) is 5.02 Å². The number of nitrogens with one attached hydrogen (secondary N) is 2. The standard InChI is InChI=1S/C25H27ClN6O2S/c1-16-4-3-5-21(26)22(16)32-15-35-23-20(24(32)33)13-28-25(30-23)29-17-6-8-18(9-7-17)31-11-10-27-12-19(31)14-34-2/h3-9,13,19,27H,10-12,14-15H2,1-2H3,(H,28,29,30). The predicted molar refractivity (Wildman–Crippen MR) is 141 cm³/mol. The number of hydrogen-bond acceptors (Lipinski definition) is 8. The average molecular weight is 511 g/mol. The van der Waals surface area contributed by atoms with Crippen molar-refractivity contribution in [3.05, 3.63) is 64.8 Å². The van der Waals surface area contributed by atoms with Gasteiger partial charge in [0.05, 0.1) is 34.8 Å². The number of halogens is 1. The second-order valence-corrected chi connectivity index (χ2v) is 9.84. The third-order valence-corrected chi connectivity index (χ3v) is 7.46. The second kappa shape index (κ2) is 10.4. The van der Waals surface area contributed by atoms with Crippen LogP contribution in [0.5, 0.6) is 0 Å². The van der Waals surface area contributed by atoms with E-state index in [0.29, 0.717) is 40.1 Å². The summed E-state index contributed by atoms with van der Waals surface area (Å²) in [4.78, 5) is 26.3. The summed E-state index contributed by atoms with van der Waals surface area (Å²) in [6.45, 7) is 5.42. The number of anilines is 4. The number of carbonyl (C=O) groups is 1. The number of nitrogens with zero attached hydrogens (tertiary/aromatic N) is 4. The fourth-order valence-corrected chi connectivity index (χ4v) is 5.72. The van der Waals surface area contributed by atoms with E-state index in [4.69, 9.17) is 16.3 Å². The SMILES string of the molecule is COCC1CNCCN1c1ccc(Nc2ncc3c(n2)SCN(c2c(C)cccc2Cl)C3=O)cc1. The zero-order chi connectivity index (χ0) is 24.4. The van der Waals surface area contributed by atoms with Crippen LogP contribution in [0, 0.1) is 6.92 Å². The molecule has 1 aromatic heterocycles. The Bertz CT molecular complexity index is 1200. The lowest BCUT2D eigenvalue weighted by Crippen LogP contribution is -2.53. The number of aromatic nitrogens is 2. The van der Waals surface area contributed by atoms with E-state index in [2.05, 4.69) is 37.6 Å². The minimum absolute atomic E-state index is 0.146. The third kappa shape index (κ3) is 4.95. The molecule has 1 amide bonds. The van der Waals surface area contributed by atoms with Crippen LogP contribution in [0.1, 0.15) is 15.9 Å². The zero-order valence-electron chi connectivity index (χ0n) is 19.6. The third-order valence-electron chi connectivity index (χ3n) is 6.18. The van der Waals surface area contributed by atoms with E-state index < -0.39 is 0 Å². The molecule has 3 aromatic rings. The van der Waals surface area contributed by atoms with Crippen molar-refractivity contribution < 1.29 is 9.53 Å². The van der Waals surface area contributed by atoms with Crippen LogP contribution in [-0.2, 0) is 4.74 Å². The van der Waals surface area contributed by atoms with Crippen molar-refractivity contribution >= 4 is 52.3 Å². The predicted octanol–water partition coefficient (Wildman–Crippen LogP) is 4.32. The van der Waals surface area contributed by atoms with Crippen LogP contribution < -0.4 is 20.4 Å². The smallest absolute Gasteiger partial charge is 0.263 e. The Hall–Kier alpha value is -2.85. The Kier molecular flexibility index (Phi) is 7.10. The molecule has 0 saturated carbocycles. The van der Waals surface area contributed by atoms with Crippen molar-refractivity contribution in [1.29, 1.82) is 0 Å². The van der Waals surface area contributed by atoms with Gasteiger partial charge in [-0.2, -0.15) is 0 Å². The number of methoxy groups -OCH3 is 1. The van der Waals surface area contributed by atoms with E-state index in [1.165, 1.54) is 11.8 Å². The van der Waals surface area contributed by atoms with Crippen molar-refractivity contribution in [2.75, 3.05) is 54.3 Å². The Balaban J connectivity index is 1.30. The van der Waals surface area contributed by atoms with Gasteiger partial charge in [0, 0.05) is 44.3 Å². The van der Waals surface area contributed by atoms with Gasteiger partial charge in [-0.15, -0.1) is 0 Å². The van der Waals surface area contributed by atoms with E-state index >= 15 is 0 Å². The summed E-state index contributed by atoms with van der Waals surface area (Å²) in [6, 6.07) is 14.2. The highest BCUT2D eigenvalue weighted by Crippen LogP contribution is 2.37. The molecule has 5 rings (SSSR count). The summed E-state index contributed by atoms with van der Waals surface area (Å²) in [5.41, 5.74) is 4.20. The minimum Gasteiger partial charge on any atom is -0.383 e. The molecule has 1 atom stereocenters. The van der Waals surface area contributed by atoms with Gasteiger partial charge in [0.2, 0.25) is 5.95 Å². The quantitative estimate of drug-likeness (QED) is 0.474. The molecule has 3 heterocycles. The van der Waals surface area contributed by atoms with Crippen molar-refractivity contribution in [2.24, 2.45) is 0 Å². The second-order valence-electron chi connectivity index (χ2n) is 8.50. The molecule has 1 fully saturated rings. The number of thioether (sulfide) groups is 1. The first kappa shape index (κ1) is 23.9. The lowest BCUT2D eigenvalue weighted by Gasteiger charge is -2.37. The molecule has 10 heteroatoms. The number of fused-ring (bicyclic) bond motifs is 1. The topological polar surface area (TPSA) is 82.6 Å². The largest absolute Gasteiger partial charge is 0.383 e. The fraction of sp³-hybridized carbons (Fsp3) is 0.320. The molecule has 2 aliphatic rings. The summed E-state index contributed by atoms with van der Waals surface area (Å²) < 4.78 is 5.39. The van der Waals surface area contributed by atoms with Crippen LogP contribution in [-0.4, -0.2) is 61.1 Å².